The summed E-state index contributed by atoms with van der Waals surface area (Å²) in [4.78, 5) is 9.72. The highest BCUT2D eigenvalue weighted by atomic mass is 35.5. The van der Waals surface area contributed by atoms with Crippen LogP contribution in [0.4, 0.5) is 0 Å². The van der Waals surface area contributed by atoms with Crippen LogP contribution in [0, 0.1) is 0 Å². The van der Waals surface area contributed by atoms with Crippen molar-refractivity contribution in [3.8, 4) is 0 Å². The van der Waals surface area contributed by atoms with E-state index in [-0.39, 0.29) is 5.88 Å². The second-order valence-corrected chi connectivity index (χ2v) is 1.41. The highest BCUT2D eigenvalue weighted by Gasteiger charge is 2.07. The molecular weight excluding hydrogens is 165 g/mol. The lowest BCUT2D eigenvalue weighted by molar-refractivity contribution is -0.137. The van der Waals surface area contributed by atoms with Gasteiger partial charge in [0, 0.05) is 12.3 Å². The van der Waals surface area contributed by atoms with Gasteiger partial charge in [0.15, 0.2) is 0 Å². The van der Waals surface area contributed by atoms with Crippen LogP contribution < -0.4 is 5.73 Å². The first-order chi connectivity index (χ1) is 4.18. The Morgan fingerprint density at radius 1 is 1.78 bits per heavy atom. The van der Waals surface area contributed by atoms with Crippen LogP contribution in [0.2, 0.25) is 0 Å². The van der Waals surface area contributed by atoms with Gasteiger partial charge in [0.25, 0.3) is 0 Å². The van der Waals surface area contributed by atoms with Crippen molar-refractivity contribution in [2.24, 2.45) is 5.73 Å². The molecule has 0 bridgehead atoms. The van der Waals surface area contributed by atoms with E-state index in [1.807, 2.05) is 0 Å². The Morgan fingerprint density at radius 3 is 2.11 bits per heavy atom. The van der Waals surface area contributed by atoms with Gasteiger partial charge in [-0.1, -0.05) is 0 Å². The van der Waals surface area contributed by atoms with Crippen LogP contribution in [-0.4, -0.2) is 29.4 Å². The van der Waals surface area contributed by atoms with Crippen LogP contribution in [0.3, 0.4) is 0 Å². The Balaban J connectivity index is 0. The van der Waals surface area contributed by atoms with Crippen LogP contribution in [0.25, 0.3) is 0 Å². The maximum Gasteiger partial charge on any atom is 0.321 e. The third-order valence-electron chi connectivity index (χ3n) is 0.483. The van der Waals surface area contributed by atoms with E-state index in [2.05, 4.69) is 11.6 Å². The zero-order valence-electron chi connectivity index (χ0n) is 4.97. The molecule has 0 rings (SSSR count). The molecule has 3 N–H and O–H groups in total. The summed E-state index contributed by atoms with van der Waals surface area (Å²) in [5.41, 5.74) is 4.88. The lowest BCUT2D eigenvalue weighted by Gasteiger charge is -1.95. The van der Waals surface area contributed by atoms with Gasteiger partial charge in [-0.3, -0.25) is 4.79 Å². The lowest BCUT2D eigenvalue weighted by atomic mass is 10.4. The first-order valence-corrected chi connectivity index (χ1v) is 3.39. The molecule has 0 aromatic heterocycles. The molecule has 0 aliphatic heterocycles. The predicted molar refractivity (Wildman–Crippen MR) is 38.1 cm³/mol. The fourth-order valence-corrected chi connectivity index (χ4v) is 0.198. The SMILES string of the molecule is CCl.NC(CCl)C(=O)O. The second-order valence-electron chi connectivity index (χ2n) is 1.10. The number of carboxylic acid groups (broad SMARTS) is 1. The molecule has 1 atom stereocenters. The largest absolute Gasteiger partial charge is 0.480 e. The number of hydrogen-bond donors (Lipinski definition) is 2. The molecule has 0 spiro atoms. The highest BCUT2D eigenvalue weighted by Crippen LogP contribution is 1.80. The van der Waals surface area contributed by atoms with Crippen molar-refractivity contribution in [2.75, 3.05) is 12.3 Å². The molecule has 0 aromatic carbocycles. The molecule has 3 nitrogen and oxygen atoms in total. The summed E-state index contributed by atoms with van der Waals surface area (Å²) in [5, 5.41) is 7.97. The van der Waals surface area contributed by atoms with Crippen LogP contribution in [0.5, 0.6) is 0 Å². The van der Waals surface area contributed by atoms with Gasteiger partial charge in [-0.05, 0) is 0 Å². The van der Waals surface area contributed by atoms with Crippen molar-refractivity contribution in [3.63, 3.8) is 0 Å². The van der Waals surface area contributed by atoms with Crippen molar-refractivity contribution >= 4 is 29.2 Å². The van der Waals surface area contributed by atoms with Gasteiger partial charge < -0.3 is 10.8 Å². The van der Waals surface area contributed by atoms with Crippen molar-refractivity contribution in [3.05, 3.63) is 0 Å². The van der Waals surface area contributed by atoms with E-state index < -0.39 is 12.0 Å². The maximum atomic E-state index is 9.72. The molecule has 9 heavy (non-hydrogen) atoms. The minimum Gasteiger partial charge on any atom is -0.480 e. The van der Waals surface area contributed by atoms with Crippen molar-refractivity contribution < 1.29 is 9.90 Å². The number of hydrogen-bond acceptors (Lipinski definition) is 2. The number of alkyl halides is 2. The highest BCUT2D eigenvalue weighted by molar-refractivity contribution is 6.19. The van der Waals surface area contributed by atoms with Crippen LogP contribution in [-0.2, 0) is 4.79 Å². The zero-order chi connectivity index (χ0) is 7.86. The van der Waals surface area contributed by atoms with Crippen LogP contribution in [0.1, 0.15) is 0 Å². The van der Waals surface area contributed by atoms with E-state index in [9.17, 15) is 4.79 Å². The number of carbonyl (C=O) groups is 1. The van der Waals surface area contributed by atoms with E-state index >= 15 is 0 Å². The van der Waals surface area contributed by atoms with E-state index in [1.54, 1.807) is 0 Å². The number of aliphatic carboxylic acids is 1. The molecular formula is C4H9Cl2NO2. The average Bonchev–Trinajstić information content (AvgIpc) is 1.91. The summed E-state index contributed by atoms with van der Waals surface area (Å²) in [7, 11) is 0. The number of halogens is 2. The summed E-state index contributed by atoms with van der Waals surface area (Å²) < 4.78 is 0. The van der Waals surface area contributed by atoms with E-state index in [1.165, 1.54) is 6.38 Å². The quantitative estimate of drug-likeness (QED) is 0.599. The fourth-order valence-electron chi connectivity index (χ4n) is 0.0660. The normalized spacial score (nSPS) is 11.1. The molecule has 0 aromatic rings. The summed E-state index contributed by atoms with van der Waals surface area (Å²) >= 11 is 9.68. The topological polar surface area (TPSA) is 63.3 Å². The van der Waals surface area contributed by atoms with E-state index in [0.717, 1.165) is 0 Å². The molecule has 5 heteroatoms. The standard InChI is InChI=1S/C3H6ClNO2.CH3Cl/c4-1-2(5)3(6)7;1-2/h2H,1,5H2,(H,6,7);1H3. The molecule has 0 saturated carbocycles. The third-order valence-corrected chi connectivity index (χ3v) is 0.816. The Hall–Kier alpha value is 0.01000. The smallest absolute Gasteiger partial charge is 0.321 e. The molecule has 0 amide bonds. The molecule has 1 unspecified atom stereocenters. The first-order valence-electron chi connectivity index (χ1n) is 2.10. The lowest BCUT2D eigenvalue weighted by Crippen LogP contribution is -2.31. The Labute approximate surface area is 63.7 Å². The molecule has 0 heterocycles. The molecule has 0 fully saturated rings. The van der Waals surface area contributed by atoms with Gasteiger partial charge in [0.05, 0.1) is 0 Å². The number of rotatable bonds is 2. The van der Waals surface area contributed by atoms with Gasteiger partial charge in [0.2, 0.25) is 0 Å². The minimum atomic E-state index is -1.06. The monoisotopic (exact) mass is 173 g/mol. The average molecular weight is 174 g/mol. The summed E-state index contributed by atoms with van der Waals surface area (Å²) in [6, 6.07) is -0.915. The molecule has 0 radical (unpaired) electrons. The van der Waals surface area contributed by atoms with Gasteiger partial charge in [0.1, 0.15) is 6.04 Å². The van der Waals surface area contributed by atoms with Crippen LogP contribution >= 0.6 is 23.2 Å². The predicted octanol–water partition coefficient (Wildman–Crippen LogP) is 0.492. The molecule has 56 valence electrons. The van der Waals surface area contributed by atoms with E-state index in [0.29, 0.717) is 0 Å². The Bertz CT molecular complexity index is 79.0. The number of carboxylic acids is 1. The van der Waals surface area contributed by atoms with Gasteiger partial charge in [-0.15, -0.1) is 23.2 Å². The second kappa shape index (κ2) is 8.01. The first kappa shape index (κ1) is 11.8. The van der Waals surface area contributed by atoms with E-state index in [4.69, 9.17) is 22.4 Å². The Kier molecular flexibility index (Phi) is 10.5. The van der Waals surface area contributed by atoms with Gasteiger partial charge >= 0.3 is 5.97 Å². The van der Waals surface area contributed by atoms with Crippen LogP contribution in [0.15, 0.2) is 0 Å². The molecule has 0 saturated heterocycles. The third kappa shape index (κ3) is 8.01. The summed E-state index contributed by atoms with van der Waals surface area (Å²) in [6.07, 6.45) is 1.47. The fraction of sp³-hybridized carbons (Fsp3) is 0.750. The maximum absolute atomic E-state index is 9.72. The van der Waals surface area contributed by atoms with Crippen molar-refractivity contribution in [1.82, 2.24) is 0 Å². The zero-order valence-corrected chi connectivity index (χ0v) is 6.49. The summed E-state index contributed by atoms with van der Waals surface area (Å²) in [5.74, 6) is -1.09. The molecule has 0 aliphatic rings. The van der Waals surface area contributed by atoms with Crippen molar-refractivity contribution in [1.29, 1.82) is 0 Å². The minimum absolute atomic E-state index is 0.0324. The van der Waals surface area contributed by atoms with Crippen molar-refractivity contribution in [2.45, 2.75) is 6.04 Å². The molecule has 0 aliphatic carbocycles. The number of nitrogens with two attached hydrogens (primary N) is 1. The van der Waals surface area contributed by atoms with Gasteiger partial charge in [-0.2, -0.15) is 0 Å². The Morgan fingerprint density at radius 2 is 2.11 bits per heavy atom. The summed E-state index contributed by atoms with van der Waals surface area (Å²) in [6.45, 7) is 0. The van der Waals surface area contributed by atoms with Gasteiger partial charge in [-0.25, -0.2) is 0 Å².